The van der Waals surface area contributed by atoms with E-state index in [2.05, 4.69) is 32.6 Å². The van der Waals surface area contributed by atoms with Gasteiger partial charge in [-0.15, -0.1) is 11.8 Å². The van der Waals surface area contributed by atoms with Crippen LogP contribution in [0.3, 0.4) is 0 Å². The molecule has 1 N–H and O–H groups in total. The molecule has 3 heteroatoms. The Labute approximate surface area is 159 Å². The lowest BCUT2D eigenvalue weighted by Gasteiger charge is -2.61. The van der Waals surface area contributed by atoms with E-state index in [0.29, 0.717) is 24.5 Å². The Hall–Kier alpha value is -0.850. The third kappa shape index (κ3) is 2.52. The van der Waals surface area contributed by atoms with E-state index in [4.69, 9.17) is 4.74 Å². The van der Waals surface area contributed by atoms with E-state index >= 15 is 0 Å². The molecule has 3 nitrogen and oxygen atoms in total. The minimum absolute atomic E-state index is 0.00405. The summed E-state index contributed by atoms with van der Waals surface area (Å²) < 4.78 is 5.93. The first-order valence-corrected chi connectivity index (χ1v) is 10.3. The maximum absolute atomic E-state index is 13.7. The second-order valence-electron chi connectivity index (χ2n) is 9.80. The van der Waals surface area contributed by atoms with Gasteiger partial charge in [0.15, 0.2) is 0 Å². The van der Waals surface area contributed by atoms with E-state index in [1.165, 1.54) is 0 Å². The van der Waals surface area contributed by atoms with Crippen LogP contribution in [0.15, 0.2) is 0 Å². The lowest BCUT2D eigenvalue weighted by Crippen LogP contribution is -2.62. The van der Waals surface area contributed by atoms with Crippen LogP contribution in [0.1, 0.15) is 73.1 Å². The molecule has 0 radical (unpaired) electrons. The Balaban J connectivity index is 2.16. The summed E-state index contributed by atoms with van der Waals surface area (Å²) in [6.07, 6.45) is 4.89. The summed E-state index contributed by atoms with van der Waals surface area (Å²) in [5.74, 6) is 7.06. The van der Waals surface area contributed by atoms with E-state index in [-0.39, 0.29) is 28.8 Å². The van der Waals surface area contributed by atoms with Crippen LogP contribution in [-0.2, 0) is 9.53 Å². The van der Waals surface area contributed by atoms with Crippen LogP contribution in [-0.4, -0.2) is 30.2 Å². The quantitative estimate of drug-likeness (QED) is 0.750. The molecule has 0 heterocycles. The topological polar surface area (TPSA) is 46.5 Å². The minimum atomic E-state index is -0.566. The minimum Gasteiger partial charge on any atom is -0.393 e. The summed E-state index contributed by atoms with van der Waals surface area (Å²) in [6, 6.07) is 0. The van der Waals surface area contributed by atoms with Crippen LogP contribution in [0, 0.1) is 45.8 Å². The number of carbonyl (C=O) groups excluding carboxylic acids is 1. The van der Waals surface area contributed by atoms with E-state index in [1.54, 1.807) is 7.11 Å². The number of Topliss-reactive ketones (excluding diaryl/α,β-unsaturated/α-hetero) is 1. The summed E-state index contributed by atoms with van der Waals surface area (Å²) in [7, 11) is 1.80. The third-order valence-corrected chi connectivity index (χ3v) is 8.83. The normalized spacial score (nSPS) is 51.0. The second kappa shape index (κ2) is 6.64. The molecule has 0 aromatic heterocycles. The molecule has 0 aliphatic heterocycles. The van der Waals surface area contributed by atoms with E-state index < -0.39 is 11.5 Å². The first kappa shape index (κ1) is 19.9. The van der Waals surface area contributed by atoms with Crippen LogP contribution >= 0.6 is 0 Å². The van der Waals surface area contributed by atoms with Crippen molar-refractivity contribution in [2.45, 2.75) is 85.4 Å². The Bertz CT molecular complexity index is 631. The highest BCUT2D eigenvalue weighted by atomic mass is 16.5. The number of rotatable bonds is 2. The summed E-state index contributed by atoms with van der Waals surface area (Å²) >= 11 is 0. The van der Waals surface area contributed by atoms with Gasteiger partial charge in [0.2, 0.25) is 0 Å². The number of hydrogen-bond donors (Lipinski definition) is 1. The standard InChI is InChI=1S/C23H36O3/c1-7-8-11-21(4)14-18(24)22(5)15(2)9-12-23(16(3)20(21)25)13-10-17(26-6)19(22)23/h15-19,24H,9-14H2,1-6H3/t15-,16+,17-,18-,19?,21-,22+,23?/m1/s1. The van der Waals surface area contributed by atoms with Crippen molar-refractivity contribution in [3.05, 3.63) is 0 Å². The van der Waals surface area contributed by atoms with Crippen molar-refractivity contribution in [3.8, 4) is 11.8 Å². The Morgan fingerprint density at radius 1 is 1.23 bits per heavy atom. The number of methoxy groups -OCH3 is 1. The molecule has 0 aromatic rings. The molecule has 0 amide bonds. The maximum atomic E-state index is 13.7. The van der Waals surface area contributed by atoms with Gasteiger partial charge in [-0.25, -0.2) is 0 Å². The second-order valence-corrected chi connectivity index (χ2v) is 9.80. The fourth-order valence-electron chi connectivity index (χ4n) is 6.97. The smallest absolute Gasteiger partial charge is 0.143 e. The molecule has 0 aromatic carbocycles. The van der Waals surface area contributed by atoms with Crippen molar-refractivity contribution in [3.63, 3.8) is 0 Å². The average molecular weight is 361 g/mol. The van der Waals surface area contributed by atoms with Gasteiger partial charge in [-0.2, -0.15) is 0 Å². The number of ether oxygens (including phenoxy) is 1. The number of aliphatic hydroxyl groups excluding tert-OH is 1. The van der Waals surface area contributed by atoms with Crippen molar-refractivity contribution < 1.29 is 14.6 Å². The number of carbonyl (C=O) groups is 1. The van der Waals surface area contributed by atoms with Gasteiger partial charge in [-0.05, 0) is 56.3 Å². The molecule has 2 unspecified atom stereocenters. The van der Waals surface area contributed by atoms with Gasteiger partial charge in [0, 0.05) is 30.3 Å². The largest absolute Gasteiger partial charge is 0.393 e. The van der Waals surface area contributed by atoms with E-state index in [1.807, 2.05) is 13.8 Å². The highest BCUT2D eigenvalue weighted by molar-refractivity contribution is 5.88. The SMILES string of the molecule is CC#CC[C@]1(C)C[C@@H](O)[C@@]2(C)C3[C@H](OC)CCC3(CC[C@H]2C)[C@@H](C)C1=O. The highest BCUT2D eigenvalue weighted by Crippen LogP contribution is 2.68. The lowest BCUT2D eigenvalue weighted by atomic mass is 9.44. The molecule has 2 bridgehead atoms. The molecular weight excluding hydrogens is 324 g/mol. The average Bonchev–Trinajstić information content (AvgIpc) is 3.02. The molecule has 3 aliphatic carbocycles. The predicted molar refractivity (Wildman–Crippen MR) is 103 cm³/mol. The summed E-state index contributed by atoms with van der Waals surface area (Å²) in [5.41, 5.74) is -0.824. The third-order valence-electron chi connectivity index (χ3n) is 8.83. The highest BCUT2D eigenvalue weighted by Gasteiger charge is 2.67. The van der Waals surface area contributed by atoms with Crippen LogP contribution in [0.2, 0.25) is 0 Å². The first-order valence-electron chi connectivity index (χ1n) is 10.3. The van der Waals surface area contributed by atoms with Crippen LogP contribution < -0.4 is 0 Å². The summed E-state index contributed by atoms with van der Waals surface area (Å²) in [5, 5.41) is 11.5. The fraction of sp³-hybridized carbons (Fsp3) is 0.870. The molecule has 3 saturated carbocycles. The maximum Gasteiger partial charge on any atom is 0.143 e. The molecule has 0 spiro atoms. The van der Waals surface area contributed by atoms with Crippen LogP contribution in [0.5, 0.6) is 0 Å². The van der Waals surface area contributed by atoms with Gasteiger partial charge in [0.1, 0.15) is 5.78 Å². The lowest BCUT2D eigenvalue weighted by molar-refractivity contribution is -0.191. The Morgan fingerprint density at radius 3 is 2.50 bits per heavy atom. The van der Waals surface area contributed by atoms with Gasteiger partial charge < -0.3 is 9.84 Å². The molecule has 8 atom stereocenters. The predicted octanol–water partition coefficient (Wildman–Crippen LogP) is 4.22. The molecule has 0 saturated heterocycles. The van der Waals surface area contributed by atoms with Crippen molar-refractivity contribution >= 4 is 5.78 Å². The van der Waals surface area contributed by atoms with Gasteiger partial charge in [-0.3, -0.25) is 4.79 Å². The number of ketones is 1. The number of hydrogen-bond acceptors (Lipinski definition) is 3. The van der Waals surface area contributed by atoms with Gasteiger partial charge in [0.05, 0.1) is 12.2 Å². The monoisotopic (exact) mass is 360 g/mol. The number of aliphatic hydroxyl groups is 1. The molecule has 3 aliphatic rings. The summed E-state index contributed by atoms with van der Waals surface area (Å²) in [6.45, 7) is 10.6. The molecule has 3 fully saturated rings. The van der Waals surface area contributed by atoms with Crippen LogP contribution in [0.4, 0.5) is 0 Å². The Kier molecular flexibility index (Phi) is 5.08. The van der Waals surface area contributed by atoms with Crippen LogP contribution in [0.25, 0.3) is 0 Å². The van der Waals surface area contributed by atoms with Gasteiger partial charge in [-0.1, -0.05) is 27.7 Å². The van der Waals surface area contributed by atoms with Crippen molar-refractivity contribution in [2.24, 2.45) is 34.0 Å². The van der Waals surface area contributed by atoms with Crippen molar-refractivity contribution in [2.75, 3.05) is 7.11 Å². The zero-order valence-corrected chi connectivity index (χ0v) is 17.4. The van der Waals surface area contributed by atoms with Crippen molar-refractivity contribution in [1.29, 1.82) is 0 Å². The fourth-order valence-corrected chi connectivity index (χ4v) is 6.97. The zero-order chi connectivity index (χ0) is 19.3. The van der Waals surface area contributed by atoms with Crippen molar-refractivity contribution in [1.82, 2.24) is 0 Å². The first-order chi connectivity index (χ1) is 12.2. The van der Waals surface area contributed by atoms with Gasteiger partial charge >= 0.3 is 0 Å². The van der Waals surface area contributed by atoms with E-state index in [0.717, 1.165) is 25.7 Å². The summed E-state index contributed by atoms with van der Waals surface area (Å²) in [4.78, 5) is 13.7. The van der Waals surface area contributed by atoms with E-state index in [9.17, 15) is 9.90 Å². The van der Waals surface area contributed by atoms with Gasteiger partial charge in [0.25, 0.3) is 0 Å². The molecular formula is C23H36O3. The Morgan fingerprint density at radius 2 is 1.88 bits per heavy atom. The molecule has 26 heavy (non-hydrogen) atoms. The zero-order valence-electron chi connectivity index (χ0n) is 17.4. The molecule has 3 rings (SSSR count). The molecule has 146 valence electrons.